The largest absolute Gasteiger partial charge is 0.309 e. The fraction of sp³-hybridized carbons (Fsp3) is 1.00. The minimum Gasteiger partial charge on any atom is -0.309 e. The van der Waals surface area contributed by atoms with E-state index in [-0.39, 0.29) is 0 Å². The Morgan fingerprint density at radius 3 is 2.85 bits per heavy atom. The highest BCUT2D eigenvalue weighted by Crippen LogP contribution is 2.18. The molecule has 2 heterocycles. The summed E-state index contributed by atoms with van der Waals surface area (Å²) in [5.41, 5.74) is 0. The minimum absolute atomic E-state index is 0.772. The van der Waals surface area contributed by atoms with Crippen LogP contribution in [0.4, 0.5) is 0 Å². The first-order valence-corrected chi connectivity index (χ1v) is 6.52. The summed E-state index contributed by atoms with van der Waals surface area (Å²) in [7, 11) is 2.22. The van der Waals surface area contributed by atoms with Gasteiger partial charge >= 0.3 is 0 Å². The number of hydrogen-bond donors (Lipinski definition) is 1. The molecule has 0 spiro atoms. The predicted molar refractivity (Wildman–Crippen MR) is 59.4 cm³/mol. The quantitative estimate of drug-likeness (QED) is 0.720. The molecule has 76 valence electrons. The van der Waals surface area contributed by atoms with Gasteiger partial charge in [-0.1, -0.05) is 0 Å². The number of likely N-dealkylation sites (N-methyl/N-ethyl adjacent to an activating group) is 1. The van der Waals surface area contributed by atoms with Crippen LogP contribution in [0.25, 0.3) is 0 Å². The highest BCUT2D eigenvalue weighted by atomic mass is 32.2. The Bertz CT molecular complexity index is 154. The smallest absolute Gasteiger partial charge is 0.0209 e. The molecule has 2 rings (SSSR count). The van der Waals surface area contributed by atoms with Crippen molar-refractivity contribution in [1.82, 2.24) is 10.2 Å². The lowest BCUT2D eigenvalue weighted by atomic mass is 10.1. The van der Waals surface area contributed by atoms with Crippen molar-refractivity contribution in [1.29, 1.82) is 0 Å². The third-order valence-electron chi connectivity index (χ3n) is 3.02. The van der Waals surface area contributed by atoms with Gasteiger partial charge in [-0.15, -0.1) is 0 Å². The fourth-order valence-electron chi connectivity index (χ4n) is 2.28. The average molecular weight is 200 g/mol. The molecule has 0 aromatic carbocycles. The second-order valence-corrected chi connectivity index (χ2v) is 5.48. The Kier molecular flexibility index (Phi) is 3.52. The summed E-state index contributed by atoms with van der Waals surface area (Å²) in [6.45, 7) is 2.53. The van der Waals surface area contributed by atoms with Gasteiger partial charge in [-0.2, -0.15) is 11.8 Å². The van der Waals surface area contributed by atoms with E-state index in [1.165, 1.54) is 43.9 Å². The van der Waals surface area contributed by atoms with Gasteiger partial charge in [-0.3, -0.25) is 0 Å². The summed E-state index contributed by atoms with van der Waals surface area (Å²) in [4.78, 5) is 2.42. The summed E-state index contributed by atoms with van der Waals surface area (Å²) < 4.78 is 0. The molecule has 2 saturated heterocycles. The molecule has 2 aliphatic heterocycles. The zero-order valence-electron chi connectivity index (χ0n) is 8.46. The van der Waals surface area contributed by atoms with Crippen molar-refractivity contribution in [3.8, 4) is 0 Å². The molecule has 1 N–H and O–H groups in total. The molecule has 13 heavy (non-hydrogen) atoms. The van der Waals surface area contributed by atoms with Gasteiger partial charge in [0.15, 0.2) is 0 Å². The summed E-state index contributed by atoms with van der Waals surface area (Å²) >= 11 is 2.11. The third-order valence-corrected chi connectivity index (χ3v) is 4.24. The Morgan fingerprint density at radius 2 is 2.23 bits per heavy atom. The van der Waals surface area contributed by atoms with Crippen molar-refractivity contribution in [2.45, 2.75) is 31.3 Å². The molecule has 2 atom stereocenters. The Morgan fingerprint density at radius 1 is 1.31 bits per heavy atom. The van der Waals surface area contributed by atoms with E-state index in [0.717, 1.165) is 12.1 Å². The van der Waals surface area contributed by atoms with Crippen LogP contribution in [0.5, 0.6) is 0 Å². The summed E-state index contributed by atoms with van der Waals surface area (Å²) in [5, 5.41) is 3.79. The van der Waals surface area contributed by atoms with Crippen LogP contribution >= 0.6 is 11.8 Å². The average Bonchev–Trinajstić information content (AvgIpc) is 2.53. The molecule has 0 amide bonds. The second-order valence-electron chi connectivity index (χ2n) is 4.33. The maximum atomic E-state index is 3.79. The number of nitrogens with zero attached hydrogens (tertiary/aromatic N) is 1. The number of nitrogens with one attached hydrogen (secondary N) is 1. The van der Waals surface area contributed by atoms with Crippen molar-refractivity contribution in [2.75, 3.05) is 31.6 Å². The maximum Gasteiger partial charge on any atom is 0.0209 e. The van der Waals surface area contributed by atoms with E-state index in [4.69, 9.17) is 0 Å². The molecular weight excluding hydrogens is 180 g/mol. The Hall–Kier alpha value is 0.270. The third kappa shape index (κ3) is 2.86. The van der Waals surface area contributed by atoms with E-state index in [0.29, 0.717) is 0 Å². The number of hydrogen-bond acceptors (Lipinski definition) is 3. The van der Waals surface area contributed by atoms with E-state index in [9.17, 15) is 0 Å². The van der Waals surface area contributed by atoms with Crippen molar-refractivity contribution in [2.24, 2.45) is 0 Å². The summed E-state index contributed by atoms with van der Waals surface area (Å²) in [6, 6.07) is 1.57. The highest BCUT2D eigenvalue weighted by molar-refractivity contribution is 7.99. The normalized spacial score (nSPS) is 36.7. The monoisotopic (exact) mass is 200 g/mol. The second kappa shape index (κ2) is 4.67. The molecule has 0 aromatic heterocycles. The van der Waals surface area contributed by atoms with E-state index < -0.39 is 0 Å². The van der Waals surface area contributed by atoms with Gasteiger partial charge in [0.1, 0.15) is 0 Å². The van der Waals surface area contributed by atoms with Crippen LogP contribution in [0.1, 0.15) is 19.3 Å². The van der Waals surface area contributed by atoms with Crippen LogP contribution in [0, 0.1) is 0 Å². The molecule has 0 aliphatic carbocycles. The molecule has 0 radical (unpaired) electrons. The van der Waals surface area contributed by atoms with Crippen molar-refractivity contribution in [3.05, 3.63) is 0 Å². The van der Waals surface area contributed by atoms with Crippen LogP contribution in [0.3, 0.4) is 0 Å². The number of rotatable bonds is 2. The number of likely N-dealkylation sites (tertiary alicyclic amines) is 1. The first kappa shape index (κ1) is 9.81. The van der Waals surface area contributed by atoms with Gasteiger partial charge < -0.3 is 10.2 Å². The van der Waals surface area contributed by atoms with Gasteiger partial charge in [0.2, 0.25) is 0 Å². The van der Waals surface area contributed by atoms with Gasteiger partial charge in [0, 0.05) is 24.4 Å². The lowest BCUT2D eigenvalue weighted by molar-refractivity contribution is 0.379. The topological polar surface area (TPSA) is 15.3 Å². The molecule has 3 heteroatoms. The fourth-order valence-corrected chi connectivity index (χ4v) is 3.36. The number of thioether (sulfide) groups is 1. The van der Waals surface area contributed by atoms with E-state index in [1.807, 2.05) is 0 Å². The molecular formula is C10H20N2S. The lowest BCUT2D eigenvalue weighted by Crippen LogP contribution is -2.42. The predicted octanol–water partition coefficient (Wildman–Crippen LogP) is 1.18. The lowest BCUT2D eigenvalue weighted by Gasteiger charge is -2.26. The van der Waals surface area contributed by atoms with Gasteiger partial charge in [0.05, 0.1) is 0 Å². The van der Waals surface area contributed by atoms with Crippen LogP contribution in [-0.4, -0.2) is 48.6 Å². The standard InChI is InChI=1S/C10H20N2S/c1-12-5-4-9(7-12)11-10-3-2-6-13-8-10/h9-11H,2-8H2,1H3/t9-,10+/m0/s1. The van der Waals surface area contributed by atoms with Gasteiger partial charge in [0.25, 0.3) is 0 Å². The van der Waals surface area contributed by atoms with Gasteiger partial charge in [-0.05, 0) is 38.6 Å². The first-order valence-electron chi connectivity index (χ1n) is 5.37. The van der Waals surface area contributed by atoms with Crippen molar-refractivity contribution in [3.63, 3.8) is 0 Å². The molecule has 2 nitrogen and oxygen atoms in total. The van der Waals surface area contributed by atoms with Crippen molar-refractivity contribution >= 4 is 11.8 Å². The van der Waals surface area contributed by atoms with Gasteiger partial charge in [-0.25, -0.2) is 0 Å². The molecule has 2 fully saturated rings. The molecule has 0 unspecified atom stereocenters. The van der Waals surface area contributed by atoms with Crippen molar-refractivity contribution < 1.29 is 0 Å². The molecule has 0 bridgehead atoms. The van der Waals surface area contributed by atoms with Crippen LogP contribution in [0.2, 0.25) is 0 Å². The van der Waals surface area contributed by atoms with E-state index in [1.54, 1.807) is 0 Å². The van der Waals surface area contributed by atoms with E-state index in [2.05, 4.69) is 29.0 Å². The Labute approximate surface area is 85.4 Å². The maximum absolute atomic E-state index is 3.79. The van der Waals surface area contributed by atoms with Crippen LogP contribution < -0.4 is 5.32 Å². The SMILES string of the molecule is CN1CC[C@H](N[C@@H]2CCCSC2)C1. The zero-order valence-corrected chi connectivity index (χ0v) is 9.28. The Balaban J connectivity index is 1.71. The van der Waals surface area contributed by atoms with E-state index >= 15 is 0 Å². The molecule has 2 aliphatic rings. The molecule has 0 saturated carbocycles. The molecule has 0 aromatic rings. The van der Waals surface area contributed by atoms with Crippen LogP contribution in [0.15, 0.2) is 0 Å². The zero-order chi connectivity index (χ0) is 9.10. The minimum atomic E-state index is 0.772. The summed E-state index contributed by atoms with van der Waals surface area (Å²) in [6.07, 6.45) is 4.15. The van der Waals surface area contributed by atoms with Crippen LogP contribution in [-0.2, 0) is 0 Å². The first-order chi connectivity index (χ1) is 6.34. The highest BCUT2D eigenvalue weighted by Gasteiger charge is 2.23. The summed E-state index contributed by atoms with van der Waals surface area (Å²) in [5.74, 6) is 2.71.